The van der Waals surface area contributed by atoms with Gasteiger partial charge in [-0.2, -0.15) is 0 Å². The Kier molecular flexibility index (Phi) is 4.12. The average Bonchev–Trinajstić information content (AvgIpc) is 2.44. The van der Waals surface area contributed by atoms with Crippen LogP contribution in [0.15, 0.2) is 36.5 Å². The molecule has 0 radical (unpaired) electrons. The molecule has 0 aliphatic rings. The number of halogens is 1. The fourth-order valence-corrected chi connectivity index (χ4v) is 1.68. The largest absolute Gasteiger partial charge is 0.453 e. The van der Waals surface area contributed by atoms with Crippen LogP contribution in [0.2, 0.25) is 0 Å². The van der Waals surface area contributed by atoms with Crippen LogP contribution in [-0.4, -0.2) is 10.1 Å². The first-order chi connectivity index (χ1) is 9.11. The van der Waals surface area contributed by atoms with Gasteiger partial charge in [0.1, 0.15) is 5.75 Å². The zero-order valence-corrected chi connectivity index (χ0v) is 10.9. The summed E-state index contributed by atoms with van der Waals surface area (Å²) < 4.78 is 19.2. The summed E-state index contributed by atoms with van der Waals surface area (Å²) in [7, 11) is 0. The van der Waals surface area contributed by atoms with Crippen molar-refractivity contribution in [1.29, 1.82) is 0 Å². The number of hydrogen-bond donors (Lipinski definition) is 1. The summed E-state index contributed by atoms with van der Waals surface area (Å²) in [6, 6.07) is 8.33. The Morgan fingerprint density at radius 3 is 2.74 bits per heavy atom. The summed E-state index contributed by atoms with van der Waals surface area (Å²) >= 11 is 0. The number of pyridine rings is 1. The number of rotatable bonds is 4. The van der Waals surface area contributed by atoms with Crippen LogP contribution in [0.4, 0.5) is 4.39 Å². The third kappa shape index (κ3) is 3.09. The van der Waals surface area contributed by atoms with Gasteiger partial charge in [0.05, 0.1) is 18.0 Å². The molecule has 1 heterocycles. The van der Waals surface area contributed by atoms with Crippen molar-refractivity contribution in [2.45, 2.75) is 26.4 Å². The van der Waals surface area contributed by atoms with Crippen molar-refractivity contribution in [3.8, 4) is 11.5 Å². The highest BCUT2D eigenvalue weighted by molar-refractivity contribution is 5.34. The van der Waals surface area contributed by atoms with E-state index in [-0.39, 0.29) is 11.6 Å². The number of aliphatic hydroxyl groups excluding tert-OH is 1. The maximum atomic E-state index is 13.8. The Morgan fingerprint density at radius 2 is 2.11 bits per heavy atom. The molecule has 1 atom stereocenters. The lowest BCUT2D eigenvalue weighted by Gasteiger charge is -2.10. The molecule has 0 amide bonds. The summed E-state index contributed by atoms with van der Waals surface area (Å²) in [6.45, 7) is 3.56. The highest BCUT2D eigenvalue weighted by Crippen LogP contribution is 2.26. The van der Waals surface area contributed by atoms with Gasteiger partial charge in [-0.1, -0.05) is 19.1 Å². The van der Waals surface area contributed by atoms with Crippen LogP contribution in [0.1, 0.15) is 30.7 Å². The second-order valence-electron chi connectivity index (χ2n) is 4.33. The van der Waals surface area contributed by atoms with Crippen LogP contribution < -0.4 is 4.74 Å². The van der Waals surface area contributed by atoms with E-state index in [2.05, 4.69) is 4.98 Å². The van der Waals surface area contributed by atoms with Crippen molar-refractivity contribution >= 4 is 0 Å². The van der Waals surface area contributed by atoms with E-state index in [9.17, 15) is 9.50 Å². The van der Waals surface area contributed by atoms with Crippen molar-refractivity contribution in [1.82, 2.24) is 4.98 Å². The van der Waals surface area contributed by atoms with Crippen molar-refractivity contribution in [3.05, 3.63) is 53.6 Å². The third-order valence-electron chi connectivity index (χ3n) is 2.87. The van der Waals surface area contributed by atoms with Gasteiger partial charge in [0.25, 0.3) is 0 Å². The van der Waals surface area contributed by atoms with E-state index in [0.717, 1.165) is 0 Å². The highest BCUT2D eigenvalue weighted by Gasteiger charge is 2.09. The molecule has 0 aliphatic carbocycles. The monoisotopic (exact) mass is 261 g/mol. The van der Waals surface area contributed by atoms with Gasteiger partial charge in [-0.25, -0.2) is 4.39 Å². The number of hydrogen-bond acceptors (Lipinski definition) is 3. The molecular formula is C15H16FNO2. The first kappa shape index (κ1) is 13.5. The van der Waals surface area contributed by atoms with Gasteiger partial charge in [0.15, 0.2) is 11.6 Å². The lowest BCUT2D eigenvalue weighted by atomic mass is 10.2. The molecule has 1 aromatic carbocycles. The third-order valence-corrected chi connectivity index (χ3v) is 2.87. The second kappa shape index (κ2) is 5.80. The Balaban J connectivity index is 2.18. The quantitative estimate of drug-likeness (QED) is 0.911. The first-order valence-corrected chi connectivity index (χ1v) is 6.18. The molecule has 4 heteroatoms. The van der Waals surface area contributed by atoms with Crippen LogP contribution in [0, 0.1) is 12.7 Å². The van der Waals surface area contributed by atoms with Gasteiger partial charge >= 0.3 is 0 Å². The van der Waals surface area contributed by atoms with E-state index in [0.29, 0.717) is 23.4 Å². The maximum Gasteiger partial charge on any atom is 0.168 e. The van der Waals surface area contributed by atoms with Crippen molar-refractivity contribution in [2.75, 3.05) is 0 Å². The smallest absolute Gasteiger partial charge is 0.168 e. The van der Waals surface area contributed by atoms with Crippen LogP contribution >= 0.6 is 0 Å². The Bertz CT molecular complexity index is 555. The number of nitrogens with zero attached hydrogens (tertiary/aromatic N) is 1. The molecule has 0 saturated heterocycles. The van der Waals surface area contributed by atoms with Gasteiger partial charge in [-0.3, -0.25) is 4.98 Å². The minimum atomic E-state index is -0.579. The molecule has 2 rings (SSSR count). The summed E-state index contributed by atoms with van der Waals surface area (Å²) in [5.41, 5.74) is 1.11. The van der Waals surface area contributed by atoms with E-state index in [1.807, 2.05) is 6.92 Å². The normalized spacial score (nSPS) is 12.2. The highest BCUT2D eigenvalue weighted by atomic mass is 19.1. The van der Waals surface area contributed by atoms with Crippen LogP contribution in [0.3, 0.4) is 0 Å². The number of aryl methyl sites for hydroxylation is 1. The van der Waals surface area contributed by atoms with Crippen molar-refractivity contribution < 1.29 is 14.2 Å². The van der Waals surface area contributed by atoms with Crippen molar-refractivity contribution in [2.24, 2.45) is 0 Å². The molecule has 19 heavy (non-hydrogen) atoms. The molecular weight excluding hydrogens is 245 g/mol. The average molecular weight is 261 g/mol. The van der Waals surface area contributed by atoms with E-state index in [4.69, 9.17) is 4.74 Å². The minimum Gasteiger partial charge on any atom is -0.453 e. The van der Waals surface area contributed by atoms with Crippen LogP contribution in [-0.2, 0) is 0 Å². The Labute approximate surface area is 111 Å². The molecule has 1 N–H and O–H groups in total. The van der Waals surface area contributed by atoms with E-state index < -0.39 is 6.10 Å². The SMILES string of the molecule is CCC(O)c1ccc(Oc2cccc(C)c2F)cn1. The molecule has 3 nitrogen and oxygen atoms in total. The molecule has 0 saturated carbocycles. The number of aliphatic hydroxyl groups is 1. The van der Waals surface area contributed by atoms with Crippen LogP contribution in [0.5, 0.6) is 11.5 Å². The summed E-state index contributed by atoms with van der Waals surface area (Å²) in [6.07, 6.45) is 1.50. The number of aromatic nitrogens is 1. The van der Waals surface area contributed by atoms with Gasteiger partial charge in [-0.15, -0.1) is 0 Å². The van der Waals surface area contributed by atoms with E-state index in [1.165, 1.54) is 6.20 Å². The zero-order chi connectivity index (χ0) is 13.8. The second-order valence-corrected chi connectivity index (χ2v) is 4.33. The fraction of sp³-hybridized carbons (Fsp3) is 0.267. The summed E-state index contributed by atoms with van der Waals surface area (Å²) in [4.78, 5) is 4.10. The van der Waals surface area contributed by atoms with E-state index >= 15 is 0 Å². The lowest BCUT2D eigenvalue weighted by molar-refractivity contribution is 0.169. The standard InChI is InChI=1S/C15H16FNO2/c1-3-13(18)12-8-7-11(9-17-12)19-14-6-4-5-10(2)15(14)16/h4-9,13,18H,3H2,1-2H3. The number of ether oxygens (including phenoxy) is 1. The van der Waals surface area contributed by atoms with Crippen molar-refractivity contribution in [3.63, 3.8) is 0 Å². The molecule has 0 aliphatic heterocycles. The minimum absolute atomic E-state index is 0.172. The van der Waals surface area contributed by atoms with Gasteiger partial charge < -0.3 is 9.84 Å². The summed E-state index contributed by atoms with van der Waals surface area (Å²) in [5, 5.41) is 9.63. The maximum absolute atomic E-state index is 13.8. The first-order valence-electron chi connectivity index (χ1n) is 6.18. The van der Waals surface area contributed by atoms with E-state index in [1.54, 1.807) is 37.3 Å². The molecule has 2 aromatic rings. The Morgan fingerprint density at radius 1 is 1.32 bits per heavy atom. The number of benzene rings is 1. The van der Waals surface area contributed by atoms with Gasteiger partial charge in [0.2, 0.25) is 0 Å². The molecule has 1 unspecified atom stereocenters. The van der Waals surface area contributed by atoms with Gasteiger partial charge in [-0.05, 0) is 37.1 Å². The predicted molar refractivity (Wildman–Crippen MR) is 70.7 cm³/mol. The lowest BCUT2D eigenvalue weighted by Crippen LogP contribution is -1.98. The fourth-order valence-electron chi connectivity index (χ4n) is 1.68. The van der Waals surface area contributed by atoms with Crippen LogP contribution in [0.25, 0.3) is 0 Å². The molecule has 0 fully saturated rings. The molecule has 0 spiro atoms. The Hall–Kier alpha value is -1.94. The molecule has 0 bridgehead atoms. The topological polar surface area (TPSA) is 42.4 Å². The molecule has 1 aromatic heterocycles. The zero-order valence-electron chi connectivity index (χ0n) is 10.9. The summed E-state index contributed by atoms with van der Waals surface area (Å²) in [5.74, 6) is 0.238. The molecule has 100 valence electrons. The predicted octanol–water partition coefficient (Wildman–Crippen LogP) is 3.76. The van der Waals surface area contributed by atoms with Gasteiger partial charge in [0, 0.05) is 0 Å².